The minimum absolute atomic E-state index is 0.0344. The van der Waals surface area contributed by atoms with Crippen LogP contribution in [0.1, 0.15) is 12.0 Å². The first-order valence-corrected chi connectivity index (χ1v) is 9.93. The Morgan fingerprint density at radius 1 is 1.23 bits per heavy atom. The van der Waals surface area contributed by atoms with Crippen LogP contribution in [0.25, 0.3) is 4.48 Å². The second kappa shape index (κ2) is 7.20. The molecule has 0 saturated carbocycles. The van der Waals surface area contributed by atoms with E-state index in [4.69, 9.17) is 4.74 Å². The monoisotopic (exact) mass is 439 g/mol. The molecule has 8 heteroatoms. The van der Waals surface area contributed by atoms with Crippen molar-refractivity contribution in [3.63, 3.8) is 0 Å². The molecule has 0 radical (unpaired) electrons. The van der Waals surface area contributed by atoms with Gasteiger partial charge in [0.2, 0.25) is 0 Å². The largest absolute Gasteiger partial charge is 0.494 e. The number of sulfonamides is 1. The van der Waals surface area contributed by atoms with Crippen LogP contribution in [0.2, 0.25) is 0 Å². The number of aldehydes is 1. The summed E-state index contributed by atoms with van der Waals surface area (Å²) in [6.07, 6.45) is 0.945. The number of carbonyl (C=O) groups excluding carboxylic acids is 1. The molecule has 0 saturated heterocycles. The number of hydrogen-bond donors (Lipinski definition) is 0. The van der Waals surface area contributed by atoms with Gasteiger partial charge in [-0.2, -0.15) is 0 Å². The fourth-order valence-electron chi connectivity index (χ4n) is 2.80. The molecule has 1 aliphatic heterocycles. The zero-order valence-corrected chi connectivity index (χ0v) is 16.2. The number of methoxy groups -OCH3 is 1. The molecule has 2 aromatic carbocycles. The predicted octanol–water partition coefficient (Wildman–Crippen LogP) is 3.74. The number of carbonyl (C=O) groups is 1. The smallest absolute Gasteiger partial charge is 0.264 e. The van der Waals surface area contributed by atoms with Crippen molar-refractivity contribution in [3.05, 3.63) is 59.4 Å². The number of rotatable bonds is 4. The summed E-state index contributed by atoms with van der Waals surface area (Å²) in [7, 11) is -2.72. The van der Waals surface area contributed by atoms with Crippen molar-refractivity contribution >= 4 is 42.4 Å². The van der Waals surface area contributed by atoms with Crippen LogP contribution in [0, 0.1) is 5.82 Å². The van der Waals surface area contributed by atoms with Crippen LogP contribution in [-0.4, -0.2) is 28.4 Å². The fraction of sp³-hybridized carbons (Fsp3) is 0.167. The Balaban J connectivity index is 2.14. The third-order valence-corrected chi connectivity index (χ3v) is 6.87. The van der Waals surface area contributed by atoms with Crippen molar-refractivity contribution in [1.82, 2.24) is 0 Å². The maximum Gasteiger partial charge on any atom is 0.264 e. The molecule has 5 nitrogen and oxygen atoms in total. The number of nitrogens with zero attached hydrogens (tertiary/aromatic N) is 1. The quantitative estimate of drug-likeness (QED) is 0.680. The minimum Gasteiger partial charge on any atom is -0.494 e. The van der Waals surface area contributed by atoms with E-state index < -0.39 is 15.8 Å². The number of ether oxygens (including phenoxy) is 1. The number of fused-ring (bicyclic) bond motifs is 1. The van der Waals surface area contributed by atoms with Crippen LogP contribution in [0.4, 0.5) is 10.1 Å². The molecule has 3 rings (SSSR count). The van der Waals surface area contributed by atoms with Gasteiger partial charge in [-0.25, -0.2) is 12.8 Å². The molecule has 0 atom stereocenters. The van der Waals surface area contributed by atoms with Gasteiger partial charge < -0.3 is 4.74 Å². The Morgan fingerprint density at radius 2 is 1.96 bits per heavy atom. The Bertz CT molecular complexity index is 1000. The molecule has 0 spiro atoms. The van der Waals surface area contributed by atoms with E-state index >= 15 is 0 Å². The normalized spacial score (nSPS) is 14.7. The fourth-order valence-corrected chi connectivity index (χ4v) is 4.92. The van der Waals surface area contributed by atoms with Gasteiger partial charge >= 0.3 is 0 Å². The van der Waals surface area contributed by atoms with Gasteiger partial charge in [0.15, 0.2) is 11.6 Å². The summed E-state index contributed by atoms with van der Waals surface area (Å²) in [4.78, 5) is 11.2. The SMILES string of the molecule is COc1ccc(S(=O)(=O)N2CCC(C=O)=C(Br)c3ccccc32)cc1F. The summed E-state index contributed by atoms with van der Waals surface area (Å²) >= 11 is 3.39. The molecule has 0 amide bonds. The van der Waals surface area contributed by atoms with Crippen LogP contribution < -0.4 is 9.04 Å². The second-order valence-electron chi connectivity index (χ2n) is 5.60. The minimum atomic E-state index is -4.03. The van der Waals surface area contributed by atoms with Crippen molar-refractivity contribution in [2.45, 2.75) is 11.3 Å². The first-order chi connectivity index (χ1) is 12.4. The van der Waals surface area contributed by atoms with E-state index in [0.29, 0.717) is 27.6 Å². The van der Waals surface area contributed by atoms with Crippen LogP contribution in [0.15, 0.2) is 52.9 Å². The zero-order chi connectivity index (χ0) is 18.9. The van der Waals surface area contributed by atoms with E-state index in [1.165, 1.54) is 23.5 Å². The van der Waals surface area contributed by atoms with E-state index in [2.05, 4.69) is 15.9 Å². The summed E-state index contributed by atoms with van der Waals surface area (Å²) in [6, 6.07) is 10.4. The average Bonchev–Trinajstić information content (AvgIpc) is 2.78. The van der Waals surface area contributed by atoms with Gasteiger partial charge in [0.1, 0.15) is 6.29 Å². The van der Waals surface area contributed by atoms with Gasteiger partial charge in [-0.05, 0) is 46.6 Å². The lowest BCUT2D eigenvalue weighted by atomic mass is 10.1. The lowest BCUT2D eigenvalue weighted by molar-refractivity contribution is -0.104. The molecule has 1 heterocycles. The summed E-state index contributed by atoms with van der Waals surface area (Å²) in [5, 5.41) is 0. The van der Waals surface area contributed by atoms with Gasteiger partial charge in [0, 0.05) is 22.2 Å². The maximum absolute atomic E-state index is 14.0. The van der Waals surface area contributed by atoms with E-state index in [1.54, 1.807) is 24.3 Å². The first-order valence-electron chi connectivity index (χ1n) is 7.69. The van der Waals surface area contributed by atoms with Crippen molar-refractivity contribution in [1.29, 1.82) is 0 Å². The second-order valence-corrected chi connectivity index (χ2v) is 8.25. The van der Waals surface area contributed by atoms with Crippen molar-refractivity contribution in [2.24, 2.45) is 0 Å². The summed E-state index contributed by atoms with van der Waals surface area (Å²) in [6.45, 7) is 0.0656. The highest BCUT2D eigenvalue weighted by Crippen LogP contribution is 2.39. The van der Waals surface area contributed by atoms with Crippen molar-refractivity contribution in [3.8, 4) is 5.75 Å². The molecule has 0 aliphatic carbocycles. The van der Waals surface area contributed by atoms with Crippen LogP contribution in [0.3, 0.4) is 0 Å². The van der Waals surface area contributed by atoms with E-state index in [0.717, 1.165) is 6.07 Å². The van der Waals surface area contributed by atoms with Crippen LogP contribution >= 0.6 is 15.9 Å². The third kappa shape index (κ3) is 3.14. The molecule has 0 fully saturated rings. The number of hydrogen-bond acceptors (Lipinski definition) is 4. The van der Waals surface area contributed by atoms with Crippen molar-refractivity contribution < 1.29 is 22.3 Å². The van der Waals surface area contributed by atoms with Crippen LogP contribution in [0.5, 0.6) is 5.75 Å². The van der Waals surface area contributed by atoms with Gasteiger partial charge in [-0.15, -0.1) is 0 Å². The Morgan fingerprint density at radius 3 is 2.62 bits per heavy atom. The summed E-state index contributed by atoms with van der Waals surface area (Å²) in [5.41, 5.74) is 1.48. The summed E-state index contributed by atoms with van der Waals surface area (Å²) in [5.74, 6) is -0.794. The van der Waals surface area contributed by atoms with Crippen molar-refractivity contribution in [2.75, 3.05) is 18.0 Å². The third-order valence-electron chi connectivity index (χ3n) is 4.13. The Labute approximate surface area is 159 Å². The molecule has 2 aromatic rings. The Hall–Kier alpha value is -2.19. The number of halogens is 2. The van der Waals surface area contributed by atoms with Crippen LogP contribution in [-0.2, 0) is 14.8 Å². The molecular weight excluding hydrogens is 425 g/mol. The van der Waals surface area contributed by atoms with Gasteiger partial charge in [-0.1, -0.05) is 18.2 Å². The van der Waals surface area contributed by atoms with Gasteiger partial charge in [0.25, 0.3) is 10.0 Å². The molecule has 26 heavy (non-hydrogen) atoms. The lowest BCUT2D eigenvalue weighted by Gasteiger charge is -2.25. The molecule has 0 unspecified atom stereocenters. The molecule has 0 aromatic heterocycles. The average molecular weight is 440 g/mol. The number of benzene rings is 2. The lowest BCUT2D eigenvalue weighted by Crippen LogP contribution is -2.32. The standard InChI is InChI=1S/C18H15BrFNO4S/c1-25-17-7-6-13(10-15(17)20)26(23,24)21-9-8-12(11-22)18(19)14-4-2-3-5-16(14)21/h2-7,10-11H,8-9H2,1H3. The van der Waals surface area contributed by atoms with Gasteiger partial charge in [-0.3, -0.25) is 9.10 Å². The summed E-state index contributed by atoms with van der Waals surface area (Å²) < 4.78 is 46.9. The molecule has 0 bridgehead atoms. The first kappa shape index (κ1) is 18.6. The molecule has 136 valence electrons. The molecular formula is C18H15BrFNO4S. The Kier molecular flexibility index (Phi) is 5.15. The maximum atomic E-state index is 14.0. The van der Waals surface area contributed by atoms with Gasteiger partial charge in [0.05, 0.1) is 17.7 Å². The molecule has 1 aliphatic rings. The number of para-hydroxylation sites is 1. The van der Waals surface area contributed by atoms with E-state index in [9.17, 15) is 17.6 Å². The topological polar surface area (TPSA) is 63.7 Å². The predicted molar refractivity (Wildman–Crippen MR) is 100 cm³/mol. The highest BCUT2D eigenvalue weighted by Gasteiger charge is 2.30. The van der Waals surface area contributed by atoms with E-state index in [-0.39, 0.29) is 23.6 Å². The zero-order valence-electron chi connectivity index (χ0n) is 13.8. The highest BCUT2D eigenvalue weighted by molar-refractivity contribution is 9.15. The molecule has 0 N–H and O–H groups in total. The highest BCUT2D eigenvalue weighted by atomic mass is 79.9. The van der Waals surface area contributed by atoms with E-state index in [1.807, 2.05) is 0 Å². The number of anilines is 1.